The number of carbonyl (C=O) groups is 2. The minimum atomic E-state index is -0.414. The molecule has 1 aliphatic rings. The molecule has 1 amide bonds. The van der Waals surface area contributed by atoms with Crippen molar-refractivity contribution in [3.05, 3.63) is 57.2 Å². The number of aliphatic imine (C=N–C) groups is 1. The SMILES string of the molecule is NC=Nc1c(C(=O)c2ccc(NC(=O)C3CCCCC3)cc2Cl)oc2ccc(Br)cc12. The molecule has 3 aromatic rings. The second kappa shape index (κ2) is 9.24. The molecule has 3 N–H and O–H groups in total. The summed E-state index contributed by atoms with van der Waals surface area (Å²) >= 11 is 9.82. The Morgan fingerprint density at radius 1 is 1.16 bits per heavy atom. The number of fused-ring (bicyclic) bond motifs is 1. The van der Waals surface area contributed by atoms with Crippen molar-refractivity contribution in [3.8, 4) is 0 Å². The van der Waals surface area contributed by atoms with E-state index in [4.69, 9.17) is 21.8 Å². The number of hydrogen-bond donors (Lipinski definition) is 2. The van der Waals surface area contributed by atoms with Crippen LogP contribution in [0.15, 0.2) is 50.3 Å². The standard InChI is InChI=1S/C23H21BrClN3O3/c24-14-6-9-19-17(10-14)20(27-12-26)22(31-19)21(29)16-8-7-15(11-18(16)25)28-23(30)13-4-2-1-3-5-13/h6-13H,1-5H2,(H2,26,27)(H,28,30). The lowest BCUT2D eigenvalue weighted by Gasteiger charge is -2.20. The van der Waals surface area contributed by atoms with Gasteiger partial charge in [0.05, 0.1) is 11.4 Å². The Morgan fingerprint density at radius 3 is 2.65 bits per heavy atom. The van der Waals surface area contributed by atoms with Crippen molar-refractivity contribution in [2.75, 3.05) is 5.32 Å². The first-order valence-electron chi connectivity index (χ1n) is 10.1. The average Bonchev–Trinajstić information content (AvgIpc) is 3.12. The van der Waals surface area contributed by atoms with E-state index in [0.717, 1.165) is 36.5 Å². The van der Waals surface area contributed by atoms with Gasteiger partial charge in [-0.05, 0) is 49.2 Å². The number of nitrogens with one attached hydrogen (secondary N) is 1. The third-order valence-electron chi connectivity index (χ3n) is 5.49. The van der Waals surface area contributed by atoms with Crippen LogP contribution >= 0.6 is 27.5 Å². The zero-order valence-corrected chi connectivity index (χ0v) is 19.0. The number of nitrogens with two attached hydrogens (primary N) is 1. The van der Waals surface area contributed by atoms with Gasteiger partial charge in [-0.1, -0.05) is 46.8 Å². The summed E-state index contributed by atoms with van der Waals surface area (Å²) in [5, 5.41) is 3.79. The number of carbonyl (C=O) groups excluding carboxylic acids is 2. The highest BCUT2D eigenvalue weighted by molar-refractivity contribution is 9.10. The summed E-state index contributed by atoms with van der Waals surface area (Å²) in [6.45, 7) is 0. The van der Waals surface area contributed by atoms with Crippen LogP contribution in [0.3, 0.4) is 0 Å². The van der Waals surface area contributed by atoms with Crippen molar-refractivity contribution in [1.82, 2.24) is 0 Å². The molecule has 0 radical (unpaired) electrons. The van der Waals surface area contributed by atoms with Crippen LogP contribution in [0.5, 0.6) is 0 Å². The molecule has 0 atom stereocenters. The van der Waals surface area contributed by atoms with Crippen LogP contribution < -0.4 is 11.1 Å². The van der Waals surface area contributed by atoms with Gasteiger partial charge >= 0.3 is 0 Å². The molecule has 2 aromatic carbocycles. The molecule has 0 spiro atoms. The maximum atomic E-state index is 13.2. The van der Waals surface area contributed by atoms with E-state index in [1.165, 1.54) is 6.42 Å². The summed E-state index contributed by atoms with van der Waals surface area (Å²) in [5.74, 6) is -0.337. The van der Waals surface area contributed by atoms with Crippen LogP contribution in [0.25, 0.3) is 11.0 Å². The van der Waals surface area contributed by atoms with Crippen molar-refractivity contribution >= 4 is 67.9 Å². The topological polar surface area (TPSA) is 97.7 Å². The summed E-state index contributed by atoms with van der Waals surface area (Å²) in [6.07, 6.45) is 6.27. The van der Waals surface area contributed by atoms with Gasteiger partial charge in [-0.2, -0.15) is 0 Å². The number of ketones is 1. The quantitative estimate of drug-likeness (QED) is 0.246. The summed E-state index contributed by atoms with van der Waals surface area (Å²) in [6, 6.07) is 10.2. The Labute approximate surface area is 193 Å². The van der Waals surface area contributed by atoms with Gasteiger partial charge in [0.25, 0.3) is 0 Å². The largest absolute Gasteiger partial charge is 0.450 e. The van der Waals surface area contributed by atoms with Crippen molar-refractivity contribution < 1.29 is 14.0 Å². The number of benzene rings is 2. The smallest absolute Gasteiger partial charge is 0.231 e. The minimum absolute atomic E-state index is 0.00252. The first-order valence-corrected chi connectivity index (χ1v) is 11.3. The molecule has 6 nitrogen and oxygen atoms in total. The molecule has 4 rings (SSSR count). The lowest BCUT2D eigenvalue weighted by atomic mass is 9.88. The lowest BCUT2D eigenvalue weighted by molar-refractivity contribution is -0.120. The van der Waals surface area contributed by atoms with Gasteiger partial charge in [-0.15, -0.1) is 0 Å². The van der Waals surface area contributed by atoms with E-state index in [9.17, 15) is 9.59 Å². The lowest BCUT2D eigenvalue weighted by Crippen LogP contribution is -2.24. The van der Waals surface area contributed by atoms with E-state index < -0.39 is 5.78 Å². The van der Waals surface area contributed by atoms with E-state index in [1.807, 2.05) is 12.1 Å². The average molecular weight is 503 g/mol. The molecule has 31 heavy (non-hydrogen) atoms. The normalized spacial score (nSPS) is 14.9. The van der Waals surface area contributed by atoms with Crippen molar-refractivity contribution in [2.45, 2.75) is 32.1 Å². The van der Waals surface area contributed by atoms with Crippen LogP contribution in [0, 0.1) is 5.92 Å². The Hall–Kier alpha value is -2.64. The molecule has 0 bridgehead atoms. The molecule has 1 aliphatic carbocycles. The number of nitrogens with zero attached hydrogens (tertiary/aromatic N) is 1. The predicted octanol–water partition coefficient (Wildman–Crippen LogP) is 6.22. The zero-order valence-electron chi connectivity index (χ0n) is 16.7. The van der Waals surface area contributed by atoms with Gasteiger partial charge in [0.1, 0.15) is 11.3 Å². The number of hydrogen-bond acceptors (Lipinski definition) is 4. The highest BCUT2D eigenvalue weighted by Crippen LogP contribution is 2.37. The molecule has 0 unspecified atom stereocenters. The van der Waals surface area contributed by atoms with Crippen molar-refractivity contribution in [1.29, 1.82) is 0 Å². The molecule has 8 heteroatoms. The third-order valence-corrected chi connectivity index (χ3v) is 6.30. The van der Waals surface area contributed by atoms with Crippen LogP contribution in [0.2, 0.25) is 5.02 Å². The van der Waals surface area contributed by atoms with Crippen molar-refractivity contribution in [2.24, 2.45) is 16.6 Å². The number of anilines is 1. The molecular formula is C23H21BrClN3O3. The molecule has 0 aliphatic heterocycles. The van der Waals surface area contributed by atoms with Crippen molar-refractivity contribution in [3.63, 3.8) is 0 Å². The number of amides is 1. The maximum absolute atomic E-state index is 13.2. The Balaban J connectivity index is 1.62. The van der Waals surface area contributed by atoms with Gasteiger partial charge in [-0.25, -0.2) is 4.99 Å². The monoisotopic (exact) mass is 501 g/mol. The van der Waals surface area contributed by atoms with Crippen LogP contribution in [0.4, 0.5) is 11.4 Å². The summed E-state index contributed by atoms with van der Waals surface area (Å²) in [5.41, 5.74) is 7.16. The van der Waals surface area contributed by atoms with Crippen LogP contribution in [0.1, 0.15) is 48.2 Å². The fourth-order valence-corrected chi connectivity index (χ4v) is 4.55. The Morgan fingerprint density at radius 2 is 1.94 bits per heavy atom. The molecule has 1 heterocycles. The molecule has 1 saturated carbocycles. The zero-order chi connectivity index (χ0) is 22.0. The fourth-order valence-electron chi connectivity index (χ4n) is 3.92. The van der Waals surface area contributed by atoms with E-state index >= 15 is 0 Å². The van der Waals surface area contributed by atoms with E-state index in [1.54, 1.807) is 24.3 Å². The number of furan rings is 1. The summed E-state index contributed by atoms with van der Waals surface area (Å²) in [7, 11) is 0. The fraction of sp³-hybridized carbons (Fsp3) is 0.261. The third kappa shape index (κ3) is 4.52. The minimum Gasteiger partial charge on any atom is -0.450 e. The van der Waals surface area contributed by atoms with Gasteiger partial charge in [0.15, 0.2) is 0 Å². The predicted molar refractivity (Wildman–Crippen MR) is 126 cm³/mol. The van der Waals surface area contributed by atoms with Gasteiger partial charge < -0.3 is 15.5 Å². The number of halogens is 2. The van der Waals surface area contributed by atoms with Gasteiger partial charge in [-0.3, -0.25) is 9.59 Å². The highest BCUT2D eigenvalue weighted by atomic mass is 79.9. The first-order chi connectivity index (χ1) is 15.0. The molecule has 0 saturated heterocycles. The van der Waals surface area contributed by atoms with E-state index in [-0.39, 0.29) is 28.2 Å². The molecular weight excluding hydrogens is 482 g/mol. The number of rotatable bonds is 5. The second-order valence-corrected chi connectivity index (χ2v) is 8.87. The molecule has 160 valence electrons. The molecule has 1 aromatic heterocycles. The van der Waals surface area contributed by atoms with Gasteiger partial charge in [0, 0.05) is 27.0 Å². The van der Waals surface area contributed by atoms with Crippen LogP contribution in [-0.4, -0.2) is 18.0 Å². The highest BCUT2D eigenvalue weighted by Gasteiger charge is 2.25. The Kier molecular flexibility index (Phi) is 6.43. The van der Waals surface area contributed by atoms with Gasteiger partial charge in [0.2, 0.25) is 17.5 Å². The Bertz CT molecular complexity index is 1180. The second-order valence-electron chi connectivity index (χ2n) is 7.55. The summed E-state index contributed by atoms with van der Waals surface area (Å²) in [4.78, 5) is 29.8. The first kappa shape index (κ1) is 21.6. The maximum Gasteiger partial charge on any atom is 0.231 e. The van der Waals surface area contributed by atoms with E-state index in [2.05, 4.69) is 26.2 Å². The van der Waals surface area contributed by atoms with E-state index in [0.29, 0.717) is 22.3 Å². The summed E-state index contributed by atoms with van der Waals surface area (Å²) < 4.78 is 6.61. The molecule has 1 fully saturated rings. The van der Waals surface area contributed by atoms with Crippen LogP contribution in [-0.2, 0) is 4.79 Å².